The first-order chi connectivity index (χ1) is 7.58. The van der Waals surface area contributed by atoms with E-state index in [1.54, 1.807) is 6.20 Å². The van der Waals surface area contributed by atoms with Gasteiger partial charge in [0.25, 0.3) is 0 Å². The molecule has 0 aliphatic heterocycles. The molecule has 0 amide bonds. The first-order valence-corrected chi connectivity index (χ1v) is 5.11. The van der Waals surface area contributed by atoms with Crippen molar-refractivity contribution in [1.29, 1.82) is 0 Å². The monoisotopic (exact) mass is 214 g/mol. The Morgan fingerprint density at radius 3 is 2.25 bits per heavy atom. The number of benzene rings is 1. The maximum Gasteiger partial charge on any atom is 0.240 e. The quantitative estimate of drug-likeness (QED) is 0.789. The third-order valence-electron chi connectivity index (χ3n) is 2.51. The van der Waals surface area contributed by atoms with Gasteiger partial charge in [0, 0.05) is 5.56 Å². The van der Waals surface area contributed by atoms with Crippen LogP contribution in [0.3, 0.4) is 0 Å². The summed E-state index contributed by atoms with van der Waals surface area (Å²) in [5.74, 6) is 0.205. The van der Waals surface area contributed by atoms with E-state index in [1.807, 2.05) is 0 Å². The summed E-state index contributed by atoms with van der Waals surface area (Å²) in [6.45, 7) is 6.21. The molecule has 0 aliphatic carbocycles. The Morgan fingerprint density at radius 2 is 1.69 bits per heavy atom. The van der Waals surface area contributed by atoms with Gasteiger partial charge in [-0.25, -0.2) is 4.98 Å². The molecule has 2 N–H and O–H groups in total. The van der Waals surface area contributed by atoms with E-state index >= 15 is 0 Å². The van der Waals surface area contributed by atoms with Crippen molar-refractivity contribution in [1.82, 2.24) is 15.2 Å². The van der Waals surface area contributed by atoms with Gasteiger partial charge in [-0.05, 0) is 31.9 Å². The fourth-order valence-corrected chi connectivity index (χ4v) is 2.02. The van der Waals surface area contributed by atoms with E-state index in [1.165, 1.54) is 16.7 Å². The van der Waals surface area contributed by atoms with Gasteiger partial charge in [0.05, 0.1) is 11.9 Å². The molecule has 0 aliphatic rings. The second kappa shape index (κ2) is 3.89. The largest absolute Gasteiger partial charge is 0.366 e. The number of nitrogens with two attached hydrogens (primary N) is 1. The maximum atomic E-state index is 5.54. The van der Waals surface area contributed by atoms with Gasteiger partial charge in [0.15, 0.2) is 0 Å². The molecule has 0 spiro atoms. The lowest BCUT2D eigenvalue weighted by molar-refractivity contribution is 0.988. The molecular formula is C12H14N4. The highest BCUT2D eigenvalue weighted by Crippen LogP contribution is 2.26. The molecule has 0 fully saturated rings. The molecule has 1 aromatic carbocycles. The second-order valence-corrected chi connectivity index (χ2v) is 3.97. The zero-order chi connectivity index (χ0) is 11.7. The summed E-state index contributed by atoms with van der Waals surface area (Å²) in [6, 6.07) is 4.25. The van der Waals surface area contributed by atoms with E-state index in [2.05, 4.69) is 48.1 Å². The minimum Gasteiger partial charge on any atom is -0.366 e. The molecule has 4 heteroatoms. The van der Waals surface area contributed by atoms with E-state index in [-0.39, 0.29) is 5.95 Å². The fourth-order valence-electron chi connectivity index (χ4n) is 2.02. The maximum absolute atomic E-state index is 5.54. The molecule has 1 heterocycles. The van der Waals surface area contributed by atoms with Crippen LogP contribution in [-0.4, -0.2) is 15.2 Å². The van der Waals surface area contributed by atoms with Crippen LogP contribution >= 0.6 is 0 Å². The average Bonchev–Trinajstić information content (AvgIpc) is 2.15. The predicted octanol–water partition coefficient (Wildman–Crippen LogP) is 2.05. The van der Waals surface area contributed by atoms with Gasteiger partial charge >= 0.3 is 0 Å². The van der Waals surface area contributed by atoms with Gasteiger partial charge in [-0.15, -0.1) is 5.10 Å². The predicted molar refractivity (Wildman–Crippen MR) is 63.9 cm³/mol. The smallest absolute Gasteiger partial charge is 0.240 e. The van der Waals surface area contributed by atoms with Crippen molar-refractivity contribution in [3.8, 4) is 11.3 Å². The summed E-state index contributed by atoms with van der Waals surface area (Å²) in [6.07, 6.45) is 1.64. The highest BCUT2D eigenvalue weighted by Gasteiger charge is 2.08. The Balaban J connectivity index is 2.64. The van der Waals surface area contributed by atoms with Gasteiger partial charge < -0.3 is 5.73 Å². The minimum atomic E-state index is 0.205. The lowest BCUT2D eigenvalue weighted by Crippen LogP contribution is -2.00. The molecule has 4 nitrogen and oxygen atoms in total. The number of nitrogens with zero attached hydrogens (tertiary/aromatic N) is 3. The second-order valence-electron chi connectivity index (χ2n) is 3.97. The number of hydrogen-bond donors (Lipinski definition) is 1. The van der Waals surface area contributed by atoms with Crippen molar-refractivity contribution in [2.24, 2.45) is 0 Å². The van der Waals surface area contributed by atoms with Crippen LogP contribution in [0.5, 0.6) is 0 Å². The number of aromatic nitrogens is 3. The molecule has 2 aromatic rings. The molecule has 0 radical (unpaired) electrons. The van der Waals surface area contributed by atoms with Crippen LogP contribution in [0.2, 0.25) is 0 Å². The van der Waals surface area contributed by atoms with Crippen molar-refractivity contribution < 1.29 is 0 Å². The molecule has 0 saturated heterocycles. The summed E-state index contributed by atoms with van der Waals surface area (Å²) in [7, 11) is 0. The molecule has 0 saturated carbocycles. The van der Waals surface area contributed by atoms with E-state index in [0.29, 0.717) is 0 Å². The Morgan fingerprint density at radius 1 is 1.06 bits per heavy atom. The summed E-state index contributed by atoms with van der Waals surface area (Å²) in [5, 5.41) is 7.49. The van der Waals surface area contributed by atoms with Crippen LogP contribution in [0.25, 0.3) is 11.3 Å². The van der Waals surface area contributed by atoms with Crippen molar-refractivity contribution in [3.63, 3.8) is 0 Å². The molecular weight excluding hydrogens is 200 g/mol. The van der Waals surface area contributed by atoms with Crippen LogP contribution in [0, 0.1) is 20.8 Å². The number of rotatable bonds is 1. The van der Waals surface area contributed by atoms with E-state index in [4.69, 9.17) is 5.73 Å². The highest BCUT2D eigenvalue weighted by atomic mass is 15.2. The number of hydrogen-bond acceptors (Lipinski definition) is 4. The number of nitrogen functional groups attached to an aromatic ring is 1. The van der Waals surface area contributed by atoms with Crippen molar-refractivity contribution >= 4 is 5.95 Å². The topological polar surface area (TPSA) is 64.7 Å². The Hall–Kier alpha value is -1.97. The summed E-state index contributed by atoms with van der Waals surface area (Å²) >= 11 is 0. The standard InChI is InChI=1S/C12H14N4/c1-7-4-8(2)11(9(3)5-7)10-6-14-16-12(13)15-10/h4-6H,1-3H3,(H2,13,15,16). The number of anilines is 1. The highest BCUT2D eigenvalue weighted by molar-refractivity contribution is 5.67. The van der Waals surface area contributed by atoms with Gasteiger partial charge in [-0.3, -0.25) is 0 Å². The lowest BCUT2D eigenvalue weighted by atomic mass is 9.98. The SMILES string of the molecule is Cc1cc(C)c(-c2cnnc(N)n2)c(C)c1. The molecule has 0 bridgehead atoms. The molecule has 1 aromatic heterocycles. The van der Waals surface area contributed by atoms with Crippen LogP contribution in [0.4, 0.5) is 5.95 Å². The van der Waals surface area contributed by atoms with Gasteiger partial charge in [-0.2, -0.15) is 5.10 Å². The number of aryl methyl sites for hydroxylation is 3. The molecule has 0 unspecified atom stereocenters. The molecule has 82 valence electrons. The normalized spacial score (nSPS) is 10.4. The van der Waals surface area contributed by atoms with E-state index < -0.39 is 0 Å². The first kappa shape index (κ1) is 10.5. The average molecular weight is 214 g/mol. The van der Waals surface area contributed by atoms with Gasteiger partial charge in [0.2, 0.25) is 5.95 Å². The van der Waals surface area contributed by atoms with E-state index in [9.17, 15) is 0 Å². The lowest BCUT2D eigenvalue weighted by Gasteiger charge is -2.10. The van der Waals surface area contributed by atoms with Crippen molar-refractivity contribution in [2.45, 2.75) is 20.8 Å². The van der Waals surface area contributed by atoms with E-state index in [0.717, 1.165) is 11.3 Å². The van der Waals surface area contributed by atoms with Crippen molar-refractivity contribution in [3.05, 3.63) is 35.0 Å². The van der Waals surface area contributed by atoms with Crippen molar-refractivity contribution in [2.75, 3.05) is 5.73 Å². The Kier molecular flexibility index (Phi) is 2.56. The van der Waals surface area contributed by atoms with Gasteiger partial charge in [-0.1, -0.05) is 17.7 Å². The molecule has 16 heavy (non-hydrogen) atoms. The Labute approximate surface area is 94.6 Å². The fraction of sp³-hybridized carbons (Fsp3) is 0.250. The van der Waals surface area contributed by atoms with Gasteiger partial charge in [0.1, 0.15) is 0 Å². The third-order valence-corrected chi connectivity index (χ3v) is 2.51. The van der Waals surface area contributed by atoms with Crippen LogP contribution in [0.1, 0.15) is 16.7 Å². The van der Waals surface area contributed by atoms with Crippen LogP contribution in [-0.2, 0) is 0 Å². The summed E-state index contributed by atoms with van der Waals surface area (Å²) < 4.78 is 0. The summed E-state index contributed by atoms with van der Waals surface area (Å²) in [4.78, 5) is 4.20. The van der Waals surface area contributed by atoms with Crippen LogP contribution in [0.15, 0.2) is 18.3 Å². The Bertz CT molecular complexity index is 511. The molecule has 0 atom stereocenters. The zero-order valence-electron chi connectivity index (χ0n) is 9.65. The van der Waals surface area contributed by atoms with Crippen LogP contribution < -0.4 is 5.73 Å². The third kappa shape index (κ3) is 1.86. The molecule has 2 rings (SSSR count). The minimum absolute atomic E-state index is 0.205. The first-order valence-electron chi connectivity index (χ1n) is 5.11. The summed E-state index contributed by atoms with van der Waals surface area (Å²) in [5.41, 5.74) is 11.0. The zero-order valence-corrected chi connectivity index (χ0v) is 9.65.